The fourth-order valence-corrected chi connectivity index (χ4v) is 1.80. The lowest BCUT2D eigenvalue weighted by Gasteiger charge is -2.17. The first-order valence-electron chi connectivity index (χ1n) is 5.89. The first kappa shape index (κ1) is 14.5. The van der Waals surface area contributed by atoms with Gasteiger partial charge in [-0.15, -0.1) is 0 Å². The first-order valence-corrected chi connectivity index (χ1v) is 5.89. The number of nitrogen functional groups attached to an aromatic ring is 1. The Hall–Kier alpha value is -1.59. The van der Waals surface area contributed by atoms with Crippen molar-refractivity contribution >= 4 is 5.84 Å². The number of hydrogen-bond donors (Lipinski definition) is 3. The number of aliphatic hydroxyl groups is 1. The van der Waals surface area contributed by atoms with Gasteiger partial charge in [0.15, 0.2) is 0 Å². The summed E-state index contributed by atoms with van der Waals surface area (Å²) in [5.41, 5.74) is 7.21. The molecule has 5 heteroatoms. The van der Waals surface area contributed by atoms with Crippen molar-refractivity contribution in [1.82, 2.24) is 4.90 Å². The van der Waals surface area contributed by atoms with Gasteiger partial charge in [-0.1, -0.05) is 6.07 Å². The van der Waals surface area contributed by atoms with Gasteiger partial charge in [0.25, 0.3) is 0 Å². The van der Waals surface area contributed by atoms with Gasteiger partial charge in [-0.3, -0.25) is 5.41 Å². The minimum atomic E-state index is 0.00621. The number of amidine groups is 1. The van der Waals surface area contributed by atoms with Gasteiger partial charge < -0.3 is 20.5 Å². The fourth-order valence-electron chi connectivity index (χ4n) is 1.80. The van der Waals surface area contributed by atoms with Crippen molar-refractivity contribution in [2.24, 2.45) is 5.73 Å². The smallest absolute Gasteiger partial charge is 0.129 e. The molecule has 0 aliphatic heterocycles. The van der Waals surface area contributed by atoms with E-state index in [4.69, 9.17) is 21.0 Å². The molecule has 0 aliphatic rings. The van der Waals surface area contributed by atoms with Crippen molar-refractivity contribution in [2.75, 3.05) is 27.3 Å². The second-order valence-corrected chi connectivity index (χ2v) is 4.26. The van der Waals surface area contributed by atoms with Crippen LogP contribution in [0.15, 0.2) is 18.2 Å². The molecular weight excluding hydrogens is 230 g/mol. The summed E-state index contributed by atoms with van der Waals surface area (Å²) >= 11 is 0. The maximum absolute atomic E-state index is 8.78. The molecule has 0 heterocycles. The van der Waals surface area contributed by atoms with Gasteiger partial charge >= 0.3 is 0 Å². The quantitative estimate of drug-likeness (QED) is 0.494. The SMILES string of the molecule is COc1ccc(CN(C)CCCO)cc1C(=N)N. The summed E-state index contributed by atoms with van der Waals surface area (Å²) in [5, 5.41) is 16.3. The van der Waals surface area contributed by atoms with Crippen molar-refractivity contribution in [1.29, 1.82) is 5.41 Å². The van der Waals surface area contributed by atoms with Crippen LogP contribution in [0.1, 0.15) is 17.5 Å². The lowest BCUT2D eigenvalue weighted by molar-refractivity contribution is 0.244. The van der Waals surface area contributed by atoms with Gasteiger partial charge in [0, 0.05) is 19.7 Å². The third-order valence-electron chi connectivity index (χ3n) is 2.70. The summed E-state index contributed by atoms with van der Waals surface area (Å²) in [6.07, 6.45) is 0.756. The Labute approximate surface area is 108 Å². The standard InChI is InChI=1S/C13H21N3O2/c1-16(6-3-7-17)9-10-4-5-12(18-2)11(8-10)13(14)15/h4-5,8,17H,3,6-7,9H2,1-2H3,(H3,14,15). The van der Waals surface area contributed by atoms with E-state index >= 15 is 0 Å². The molecule has 1 aromatic rings. The van der Waals surface area contributed by atoms with Crippen molar-refractivity contribution in [3.8, 4) is 5.75 Å². The molecule has 0 spiro atoms. The van der Waals surface area contributed by atoms with Crippen LogP contribution in [0.3, 0.4) is 0 Å². The van der Waals surface area contributed by atoms with Gasteiger partial charge in [-0.25, -0.2) is 0 Å². The van der Waals surface area contributed by atoms with Crippen LogP contribution in [0.2, 0.25) is 0 Å². The highest BCUT2D eigenvalue weighted by molar-refractivity contribution is 5.97. The Morgan fingerprint density at radius 1 is 1.50 bits per heavy atom. The summed E-state index contributed by atoms with van der Waals surface area (Å²) in [5.74, 6) is 0.621. The van der Waals surface area contributed by atoms with Crippen molar-refractivity contribution < 1.29 is 9.84 Å². The molecule has 1 rings (SSSR count). The third kappa shape index (κ3) is 4.01. The maximum Gasteiger partial charge on any atom is 0.129 e. The normalized spacial score (nSPS) is 10.7. The van der Waals surface area contributed by atoms with Crippen LogP contribution in [0.25, 0.3) is 0 Å². The van der Waals surface area contributed by atoms with Gasteiger partial charge in [-0.2, -0.15) is 0 Å². The Morgan fingerprint density at radius 3 is 2.78 bits per heavy atom. The molecule has 0 aliphatic carbocycles. The second-order valence-electron chi connectivity index (χ2n) is 4.26. The molecule has 0 atom stereocenters. The van der Waals surface area contributed by atoms with E-state index in [1.54, 1.807) is 7.11 Å². The van der Waals surface area contributed by atoms with Crippen molar-refractivity contribution in [3.63, 3.8) is 0 Å². The molecule has 0 aromatic heterocycles. The molecule has 18 heavy (non-hydrogen) atoms. The second kappa shape index (κ2) is 6.98. The van der Waals surface area contributed by atoms with E-state index in [2.05, 4.69) is 4.90 Å². The summed E-state index contributed by atoms with van der Waals surface area (Å²) in [6.45, 7) is 1.79. The molecule has 100 valence electrons. The first-order chi connectivity index (χ1) is 8.58. The maximum atomic E-state index is 8.78. The Bertz CT molecular complexity index is 407. The highest BCUT2D eigenvalue weighted by atomic mass is 16.5. The number of benzene rings is 1. The Balaban J connectivity index is 2.78. The Kier molecular flexibility index (Phi) is 5.61. The van der Waals surface area contributed by atoms with Gasteiger partial charge in [0.2, 0.25) is 0 Å². The highest BCUT2D eigenvalue weighted by Crippen LogP contribution is 2.20. The zero-order valence-corrected chi connectivity index (χ0v) is 10.9. The summed E-state index contributed by atoms with van der Waals surface area (Å²) < 4.78 is 5.16. The van der Waals surface area contributed by atoms with Crippen LogP contribution in [0, 0.1) is 5.41 Å². The fraction of sp³-hybridized carbons (Fsp3) is 0.462. The molecule has 0 amide bonds. The number of hydrogen-bond acceptors (Lipinski definition) is 4. The van der Waals surface area contributed by atoms with Gasteiger partial charge in [0.1, 0.15) is 11.6 Å². The number of aliphatic hydroxyl groups excluding tert-OH is 1. The number of methoxy groups -OCH3 is 1. The number of ether oxygens (including phenoxy) is 1. The summed E-state index contributed by atoms with van der Waals surface area (Å²) in [7, 11) is 3.56. The average Bonchev–Trinajstić information content (AvgIpc) is 2.36. The molecule has 0 radical (unpaired) electrons. The van der Waals surface area contributed by atoms with Crippen LogP contribution in [0.4, 0.5) is 0 Å². The van der Waals surface area contributed by atoms with Crippen molar-refractivity contribution in [2.45, 2.75) is 13.0 Å². The molecule has 0 saturated carbocycles. The molecule has 0 fully saturated rings. The monoisotopic (exact) mass is 251 g/mol. The summed E-state index contributed by atoms with van der Waals surface area (Å²) in [4.78, 5) is 2.11. The number of nitrogens with one attached hydrogen (secondary N) is 1. The zero-order valence-electron chi connectivity index (χ0n) is 10.9. The number of nitrogens with two attached hydrogens (primary N) is 1. The minimum Gasteiger partial charge on any atom is -0.496 e. The lowest BCUT2D eigenvalue weighted by Crippen LogP contribution is -2.20. The predicted octanol–water partition coefficient (Wildman–Crippen LogP) is 0.793. The number of nitrogens with zero attached hydrogens (tertiary/aromatic N) is 1. The van der Waals surface area contributed by atoms with E-state index in [0.717, 1.165) is 25.1 Å². The predicted molar refractivity (Wildman–Crippen MR) is 72.0 cm³/mol. The van der Waals surface area contributed by atoms with Crippen LogP contribution in [0.5, 0.6) is 5.75 Å². The van der Waals surface area contributed by atoms with E-state index in [1.807, 2.05) is 25.2 Å². The van der Waals surface area contributed by atoms with Gasteiger partial charge in [0.05, 0.1) is 12.7 Å². The third-order valence-corrected chi connectivity index (χ3v) is 2.70. The summed E-state index contributed by atoms with van der Waals surface area (Å²) in [6, 6.07) is 5.66. The topological polar surface area (TPSA) is 82.6 Å². The molecule has 5 nitrogen and oxygen atoms in total. The minimum absolute atomic E-state index is 0.00621. The molecule has 1 aromatic carbocycles. The zero-order chi connectivity index (χ0) is 13.5. The molecule has 0 saturated heterocycles. The van der Waals surface area contributed by atoms with Crippen LogP contribution in [-0.4, -0.2) is 43.2 Å². The Morgan fingerprint density at radius 2 is 2.22 bits per heavy atom. The lowest BCUT2D eigenvalue weighted by atomic mass is 10.1. The molecular formula is C13H21N3O2. The van der Waals surface area contributed by atoms with E-state index < -0.39 is 0 Å². The largest absolute Gasteiger partial charge is 0.496 e. The molecule has 4 N–H and O–H groups in total. The van der Waals surface area contributed by atoms with Gasteiger partial charge in [-0.05, 0) is 31.2 Å². The highest BCUT2D eigenvalue weighted by Gasteiger charge is 2.08. The average molecular weight is 251 g/mol. The van der Waals surface area contributed by atoms with E-state index in [1.165, 1.54) is 0 Å². The number of rotatable bonds is 7. The van der Waals surface area contributed by atoms with Crippen LogP contribution >= 0.6 is 0 Å². The molecule has 0 bridgehead atoms. The van der Waals surface area contributed by atoms with E-state index in [9.17, 15) is 0 Å². The molecule has 0 unspecified atom stereocenters. The van der Waals surface area contributed by atoms with Crippen LogP contribution < -0.4 is 10.5 Å². The van der Waals surface area contributed by atoms with Crippen LogP contribution in [-0.2, 0) is 6.54 Å². The van der Waals surface area contributed by atoms with E-state index in [-0.39, 0.29) is 12.4 Å². The van der Waals surface area contributed by atoms with E-state index in [0.29, 0.717) is 11.3 Å². The van der Waals surface area contributed by atoms with Crippen molar-refractivity contribution in [3.05, 3.63) is 29.3 Å².